The normalized spacial score (nSPS) is 16.0. The summed E-state index contributed by atoms with van der Waals surface area (Å²) in [6.45, 7) is 4.31. The summed E-state index contributed by atoms with van der Waals surface area (Å²) in [6.07, 6.45) is 4.95. The quantitative estimate of drug-likeness (QED) is 0.452. The second-order valence-electron chi connectivity index (χ2n) is 8.13. The third kappa shape index (κ3) is 4.37. The number of morpholine rings is 1. The van der Waals surface area contributed by atoms with Crippen LogP contribution in [0.2, 0.25) is 5.02 Å². The van der Waals surface area contributed by atoms with Gasteiger partial charge in [0.1, 0.15) is 5.65 Å². The Morgan fingerprint density at radius 3 is 2.82 bits per heavy atom. The van der Waals surface area contributed by atoms with Crippen LogP contribution in [-0.2, 0) is 11.3 Å². The molecule has 1 aromatic carbocycles. The molecule has 1 aliphatic rings. The van der Waals surface area contributed by atoms with Gasteiger partial charge in [-0.3, -0.25) is 14.3 Å². The third-order valence-corrected chi connectivity index (χ3v) is 6.06. The van der Waals surface area contributed by atoms with Crippen LogP contribution in [0.5, 0.6) is 0 Å². The maximum Gasteiger partial charge on any atom is 0.260 e. The van der Waals surface area contributed by atoms with Crippen molar-refractivity contribution in [3.05, 3.63) is 63.9 Å². The number of aryl methyl sites for hydroxylation is 1. The fourth-order valence-electron chi connectivity index (χ4n) is 4.08. The highest BCUT2D eigenvalue weighted by molar-refractivity contribution is 6.33. The van der Waals surface area contributed by atoms with Gasteiger partial charge in [0.25, 0.3) is 5.56 Å². The molecule has 0 saturated carbocycles. The van der Waals surface area contributed by atoms with Gasteiger partial charge in [-0.25, -0.2) is 9.97 Å². The molecule has 174 valence electrons. The molecule has 0 bridgehead atoms. The molecule has 34 heavy (non-hydrogen) atoms. The number of fused-ring (bicyclic) bond motifs is 1. The van der Waals surface area contributed by atoms with Crippen molar-refractivity contribution >= 4 is 28.6 Å². The highest BCUT2D eigenvalue weighted by Gasteiger charge is 2.20. The Kier molecular flexibility index (Phi) is 6.23. The van der Waals surface area contributed by atoms with Gasteiger partial charge >= 0.3 is 0 Å². The van der Waals surface area contributed by atoms with Crippen molar-refractivity contribution in [2.45, 2.75) is 19.6 Å². The van der Waals surface area contributed by atoms with Crippen molar-refractivity contribution in [2.24, 2.45) is 0 Å². The molecule has 0 amide bonds. The molecule has 4 heterocycles. The zero-order valence-corrected chi connectivity index (χ0v) is 19.6. The van der Waals surface area contributed by atoms with Crippen molar-refractivity contribution in [1.82, 2.24) is 29.8 Å². The molecular weight excluding hydrogens is 454 g/mol. The first-order chi connectivity index (χ1) is 16.5. The lowest BCUT2D eigenvalue weighted by atomic mass is 10.0. The van der Waals surface area contributed by atoms with E-state index in [4.69, 9.17) is 16.3 Å². The van der Waals surface area contributed by atoms with Crippen LogP contribution < -0.4 is 16.2 Å². The van der Waals surface area contributed by atoms with Gasteiger partial charge in [-0.15, -0.1) is 0 Å². The summed E-state index contributed by atoms with van der Waals surface area (Å²) in [7, 11) is 1.74. The van der Waals surface area contributed by atoms with E-state index in [1.807, 2.05) is 25.1 Å². The second kappa shape index (κ2) is 9.46. The van der Waals surface area contributed by atoms with Crippen LogP contribution in [0.1, 0.15) is 5.69 Å². The molecule has 1 aliphatic heterocycles. The lowest BCUT2D eigenvalue weighted by Crippen LogP contribution is -2.42. The van der Waals surface area contributed by atoms with E-state index in [0.29, 0.717) is 47.4 Å². The Labute approximate surface area is 201 Å². The molecule has 5 rings (SSSR count). The molecule has 1 fully saturated rings. The van der Waals surface area contributed by atoms with Crippen LogP contribution in [0, 0.1) is 6.92 Å². The number of pyridine rings is 1. The van der Waals surface area contributed by atoms with Gasteiger partial charge in [0.2, 0.25) is 5.95 Å². The molecular formula is C24H24ClN7O2. The van der Waals surface area contributed by atoms with Crippen LogP contribution in [0.3, 0.4) is 0 Å². The standard InChI is InChI=1S/C24H24ClN7O2/c1-14-9-28-12-21(30-14)15-3-4-18(20(25)8-15)19-7-16-10-29-24(26-2)31-22(16)32(23(19)33)13-17-11-27-5-6-34-17/h3-4,7-10,12,17,27H,5-6,11,13H2,1-2H3,(H,26,29,31)/t17-/m1/s1. The monoisotopic (exact) mass is 477 g/mol. The average molecular weight is 478 g/mol. The van der Waals surface area contributed by atoms with Crippen LogP contribution in [-0.4, -0.2) is 57.4 Å². The number of anilines is 1. The van der Waals surface area contributed by atoms with Gasteiger partial charge in [0.15, 0.2) is 0 Å². The lowest BCUT2D eigenvalue weighted by molar-refractivity contribution is 0.0183. The Bertz CT molecular complexity index is 1420. The highest BCUT2D eigenvalue weighted by Crippen LogP contribution is 2.31. The summed E-state index contributed by atoms with van der Waals surface area (Å²) in [6, 6.07) is 7.34. The van der Waals surface area contributed by atoms with E-state index in [9.17, 15) is 4.79 Å². The summed E-state index contributed by atoms with van der Waals surface area (Å²) in [5.41, 5.74) is 3.83. The third-order valence-electron chi connectivity index (χ3n) is 5.75. The molecule has 1 atom stereocenters. The number of aromatic nitrogens is 5. The van der Waals surface area contributed by atoms with E-state index in [-0.39, 0.29) is 11.7 Å². The van der Waals surface area contributed by atoms with E-state index in [1.54, 1.807) is 36.3 Å². The molecule has 3 aromatic heterocycles. The number of ether oxygens (including phenoxy) is 1. The number of nitrogens with zero attached hydrogens (tertiary/aromatic N) is 5. The van der Waals surface area contributed by atoms with Gasteiger partial charge in [-0.2, -0.15) is 4.98 Å². The predicted molar refractivity (Wildman–Crippen MR) is 132 cm³/mol. The molecule has 10 heteroatoms. The predicted octanol–water partition coefficient (Wildman–Crippen LogP) is 2.91. The van der Waals surface area contributed by atoms with Crippen LogP contribution >= 0.6 is 11.6 Å². The maximum atomic E-state index is 13.7. The molecule has 0 aliphatic carbocycles. The van der Waals surface area contributed by atoms with E-state index in [2.05, 4.69) is 30.6 Å². The molecule has 0 radical (unpaired) electrons. The minimum atomic E-state index is -0.188. The number of rotatable bonds is 5. The Morgan fingerprint density at radius 2 is 2.09 bits per heavy atom. The number of hydrogen-bond donors (Lipinski definition) is 2. The van der Waals surface area contributed by atoms with Gasteiger partial charge in [-0.05, 0) is 19.1 Å². The maximum absolute atomic E-state index is 13.7. The smallest absolute Gasteiger partial charge is 0.260 e. The first-order valence-corrected chi connectivity index (χ1v) is 11.4. The molecule has 4 aromatic rings. The van der Waals surface area contributed by atoms with Crippen molar-refractivity contribution in [3.8, 4) is 22.4 Å². The van der Waals surface area contributed by atoms with Crippen LogP contribution in [0.4, 0.5) is 5.95 Å². The first kappa shape index (κ1) is 22.4. The molecule has 9 nitrogen and oxygen atoms in total. The molecule has 0 unspecified atom stereocenters. The van der Waals surface area contributed by atoms with Crippen molar-refractivity contribution in [3.63, 3.8) is 0 Å². The number of nitrogens with one attached hydrogen (secondary N) is 2. The molecule has 1 saturated heterocycles. The minimum absolute atomic E-state index is 0.143. The first-order valence-electron chi connectivity index (χ1n) is 11.0. The lowest BCUT2D eigenvalue weighted by Gasteiger charge is -2.25. The van der Waals surface area contributed by atoms with Gasteiger partial charge < -0.3 is 15.4 Å². The summed E-state index contributed by atoms with van der Waals surface area (Å²) in [5.74, 6) is 0.442. The van der Waals surface area contributed by atoms with E-state index >= 15 is 0 Å². The second-order valence-corrected chi connectivity index (χ2v) is 8.54. The number of benzene rings is 1. The van der Waals surface area contributed by atoms with Crippen LogP contribution in [0.15, 0.2) is 47.7 Å². The Morgan fingerprint density at radius 1 is 1.21 bits per heavy atom. The van der Waals surface area contributed by atoms with E-state index < -0.39 is 0 Å². The number of halogens is 1. The van der Waals surface area contributed by atoms with Gasteiger partial charge in [-0.1, -0.05) is 23.7 Å². The van der Waals surface area contributed by atoms with E-state index in [0.717, 1.165) is 28.9 Å². The summed E-state index contributed by atoms with van der Waals surface area (Å²) < 4.78 is 7.52. The highest BCUT2D eigenvalue weighted by atomic mass is 35.5. The Balaban J connectivity index is 1.63. The average Bonchev–Trinajstić information content (AvgIpc) is 2.86. The minimum Gasteiger partial charge on any atom is -0.374 e. The topological polar surface area (TPSA) is 107 Å². The SMILES string of the molecule is CNc1ncc2cc(-c3ccc(-c4cncc(C)n4)cc3Cl)c(=O)n(C[C@H]3CNCCO3)c2n1. The van der Waals surface area contributed by atoms with Gasteiger partial charge in [0, 0.05) is 59.6 Å². The molecule has 0 spiro atoms. The number of hydrogen-bond acceptors (Lipinski definition) is 8. The largest absolute Gasteiger partial charge is 0.374 e. The zero-order chi connectivity index (χ0) is 23.7. The van der Waals surface area contributed by atoms with E-state index in [1.165, 1.54) is 0 Å². The van der Waals surface area contributed by atoms with Gasteiger partial charge in [0.05, 0.1) is 36.8 Å². The van der Waals surface area contributed by atoms with Crippen molar-refractivity contribution in [2.75, 3.05) is 32.1 Å². The van der Waals surface area contributed by atoms with Crippen molar-refractivity contribution < 1.29 is 4.74 Å². The van der Waals surface area contributed by atoms with Crippen molar-refractivity contribution in [1.29, 1.82) is 0 Å². The Hall–Kier alpha value is -3.40. The van der Waals surface area contributed by atoms with Crippen LogP contribution in [0.25, 0.3) is 33.4 Å². The summed E-state index contributed by atoms with van der Waals surface area (Å²) >= 11 is 6.70. The zero-order valence-electron chi connectivity index (χ0n) is 18.9. The fraction of sp³-hybridized carbons (Fsp3) is 0.292. The molecule has 2 N–H and O–H groups in total. The fourth-order valence-corrected chi connectivity index (χ4v) is 4.36. The summed E-state index contributed by atoms with van der Waals surface area (Å²) in [5, 5.41) is 7.43. The summed E-state index contributed by atoms with van der Waals surface area (Å²) in [4.78, 5) is 31.3.